The summed E-state index contributed by atoms with van der Waals surface area (Å²) in [4.78, 5) is 28.4. The second-order valence-corrected chi connectivity index (χ2v) is 5.06. The van der Waals surface area contributed by atoms with E-state index in [1.165, 1.54) is 25.3 Å². The standard InChI is InChI=1S/C18H14N4O3/c1-12(25-14-7-5-13(10-19)6-8-14)17(23)15(11-20)18(24)22-16-4-2-3-9-21-16/h2-9,12,15H,1H3,(H,21,22,24)/t12-,15+/m0/s1. The number of Topliss-reactive ketones (excluding diaryl/α,β-unsaturated/α-hetero) is 1. The molecule has 0 aliphatic carbocycles. The highest BCUT2D eigenvalue weighted by atomic mass is 16.5. The molecule has 124 valence electrons. The number of ether oxygens (including phenoxy) is 1. The molecule has 7 heteroatoms. The van der Waals surface area contributed by atoms with E-state index in [0.717, 1.165) is 0 Å². The van der Waals surface area contributed by atoms with Crippen molar-refractivity contribution in [3.63, 3.8) is 0 Å². The van der Waals surface area contributed by atoms with Gasteiger partial charge in [-0.3, -0.25) is 9.59 Å². The molecule has 1 aromatic heterocycles. The summed E-state index contributed by atoms with van der Waals surface area (Å²) in [6.45, 7) is 1.46. The van der Waals surface area contributed by atoms with E-state index in [4.69, 9.17) is 10.00 Å². The highest BCUT2D eigenvalue weighted by molar-refractivity contribution is 6.10. The van der Waals surface area contributed by atoms with Gasteiger partial charge < -0.3 is 10.1 Å². The topological polar surface area (TPSA) is 116 Å². The van der Waals surface area contributed by atoms with E-state index < -0.39 is 23.7 Å². The van der Waals surface area contributed by atoms with Crippen molar-refractivity contribution < 1.29 is 14.3 Å². The lowest BCUT2D eigenvalue weighted by Crippen LogP contribution is -2.37. The Bertz CT molecular complexity index is 835. The van der Waals surface area contributed by atoms with Crippen LogP contribution in [0.15, 0.2) is 48.7 Å². The molecule has 1 aromatic carbocycles. The number of aromatic nitrogens is 1. The molecule has 0 fully saturated rings. The first kappa shape index (κ1) is 17.6. The fourth-order valence-corrected chi connectivity index (χ4v) is 1.99. The third-order valence-electron chi connectivity index (χ3n) is 3.29. The van der Waals surface area contributed by atoms with Crippen LogP contribution < -0.4 is 10.1 Å². The zero-order chi connectivity index (χ0) is 18.2. The van der Waals surface area contributed by atoms with Gasteiger partial charge in [-0.05, 0) is 43.3 Å². The minimum atomic E-state index is -1.52. The van der Waals surface area contributed by atoms with Crippen LogP contribution in [0, 0.1) is 28.6 Å². The number of anilines is 1. The summed E-state index contributed by atoms with van der Waals surface area (Å²) < 4.78 is 5.45. The summed E-state index contributed by atoms with van der Waals surface area (Å²) in [7, 11) is 0. The summed E-state index contributed by atoms with van der Waals surface area (Å²) in [5.74, 6) is -2.33. The van der Waals surface area contributed by atoms with Crippen LogP contribution in [0.5, 0.6) is 5.75 Å². The zero-order valence-corrected chi connectivity index (χ0v) is 13.3. The molecule has 0 spiro atoms. The maximum Gasteiger partial charge on any atom is 0.250 e. The number of amides is 1. The van der Waals surface area contributed by atoms with E-state index in [-0.39, 0.29) is 5.82 Å². The Morgan fingerprint density at radius 2 is 1.88 bits per heavy atom. The lowest BCUT2D eigenvalue weighted by Gasteiger charge is -2.16. The van der Waals surface area contributed by atoms with Crippen LogP contribution in [0.3, 0.4) is 0 Å². The second-order valence-electron chi connectivity index (χ2n) is 5.06. The number of nitriles is 2. The van der Waals surface area contributed by atoms with Crippen molar-refractivity contribution in [1.29, 1.82) is 10.5 Å². The molecular formula is C18H14N4O3. The van der Waals surface area contributed by atoms with Crippen LogP contribution in [0.2, 0.25) is 0 Å². The monoisotopic (exact) mass is 334 g/mol. The summed E-state index contributed by atoms with van der Waals surface area (Å²) in [5.41, 5.74) is 0.455. The minimum absolute atomic E-state index is 0.251. The molecule has 0 aliphatic rings. The van der Waals surface area contributed by atoms with Crippen molar-refractivity contribution in [3.8, 4) is 17.9 Å². The SMILES string of the molecule is C[C@H](Oc1ccc(C#N)cc1)C(=O)[C@@H](C#N)C(=O)Nc1ccccn1. The number of carbonyl (C=O) groups excluding carboxylic acids is 2. The van der Waals surface area contributed by atoms with Crippen LogP contribution in [-0.4, -0.2) is 22.8 Å². The maximum absolute atomic E-state index is 12.4. The van der Waals surface area contributed by atoms with Crippen molar-refractivity contribution in [2.75, 3.05) is 5.32 Å². The molecule has 2 aromatic rings. The summed E-state index contributed by atoms with van der Waals surface area (Å²) in [6.07, 6.45) is 0.474. The molecule has 1 amide bonds. The number of nitrogens with one attached hydrogen (secondary N) is 1. The lowest BCUT2D eigenvalue weighted by molar-refractivity contribution is -0.133. The van der Waals surface area contributed by atoms with E-state index >= 15 is 0 Å². The summed E-state index contributed by atoms with van der Waals surface area (Å²) in [5, 5.41) is 20.4. The van der Waals surface area contributed by atoms with Crippen molar-refractivity contribution in [2.24, 2.45) is 5.92 Å². The number of pyridine rings is 1. The predicted octanol–water partition coefficient (Wildman–Crippen LogP) is 2.07. The van der Waals surface area contributed by atoms with E-state index in [0.29, 0.717) is 11.3 Å². The molecule has 1 N–H and O–H groups in total. The second kappa shape index (κ2) is 8.23. The number of hydrogen-bond donors (Lipinski definition) is 1. The summed E-state index contributed by atoms with van der Waals surface area (Å²) in [6, 6.07) is 14.7. The van der Waals surface area contributed by atoms with Crippen molar-refractivity contribution >= 4 is 17.5 Å². The number of ketones is 1. The third kappa shape index (κ3) is 4.63. The Hall–Kier alpha value is -3.71. The normalized spacial score (nSPS) is 12.1. The Morgan fingerprint density at radius 3 is 2.44 bits per heavy atom. The van der Waals surface area contributed by atoms with Gasteiger partial charge in [0.25, 0.3) is 5.91 Å². The van der Waals surface area contributed by atoms with Gasteiger partial charge in [0.15, 0.2) is 17.8 Å². The highest BCUT2D eigenvalue weighted by Crippen LogP contribution is 2.16. The van der Waals surface area contributed by atoms with Gasteiger partial charge in [0, 0.05) is 6.20 Å². The minimum Gasteiger partial charge on any atom is -0.483 e. The predicted molar refractivity (Wildman–Crippen MR) is 88.2 cm³/mol. The molecule has 1 heterocycles. The fourth-order valence-electron chi connectivity index (χ4n) is 1.99. The number of hydrogen-bond acceptors (Lipinski definition) is 6. The van der Waals surface area contributed by atoms with E-state index in [2.05, 4.69) is 10.3 Å². The van der Waals surface area contributed by atoms with Gasteiger partial charge in [-0.1, -0.05) is 6.07 Å². The molecule has 0 saturated heterocycles. The Balaban J connectivity index is 2.03. The quantitative estimate of drug-likeness (QED) is 0.808. The van der Waals surface area contributed by atoms with Gasteiger partial charge in [-0.2, -0.15) is 10.5 Å². The van der Waals surface area contributed by atoms with Gasteiger partial charge in [0.2, 0.25) is 0 Å². The smallest absolute Gasteiger partial charge is 0.250 e. The average molecular weight is 334 g/mol. The van der Waals surface area contributed by atoms with Crippen LogP contribution in [0.25, 0.3) is 0 Å². The van der Waals surface area contributed by atoms with Crippen LogP contribution in [0.4, 0.5) is 5.82 Å². The van der Waals surface area contributed by atoms with Crippen LogP contribution in [0.1, 0.15) is 12.5 Å². The van der Waals surface area contributed by atoms with Crippen LogP contribution in [-0.2, 0) is 9.59 Å². The van der Waals surface area contributed by atoms with Gasteiger partial charge in [-0.15, -0.1) is 0 Å². The molecule has 25 heavy (non-hydrogen) atoms. The molecule has 7 nitrogen and oxygen atoms in total. The average Bonchev–Trinajstić information content (AvgIpc) is 2.63. The van der Waals surface area contributed by atoms with Crippen LogP contribution >= 0.6 is 0 Å². The number of nitrogens with zero attached hydrogens (tertiary/aromatic N) is 3. The number of rotatable bonds is 6. The van der Waals surface area contributed by atoms with Gasteiger partial charge in [0.05, 0.1) is 17.7 Å². The fraction of sp³-hybridized carbons (Fsp3) is 0.167. The zero-order valence-electron chi connectivity index (χ0n) is 13.3. The van der Waals surface area contributed by atoms with Crippen molar-refractivity contribution in [3.05, 3.63) is 54.2 Å². The van der Waals surface area contributed by atoms with Crippen molar-refractivity contribution in [2.45, 2.75) is 13.0 Å². The molecule has 0 radical (unpaired) electrons. The summed E-state index contributed by atoms with van der Waals surface area (Å²) >= 11 is 0. The molecular weight excluding hydrogens is 320 g/mol. The first-order valence-electron chi connectivity index (χ1n) is 7.37. The Labute approximate surface area is 144 Å². The highest BCUT2D eigenvalue weighted by Gasteiger charge is 2.31. The molecule has 0 saturated carbocycles. The van der Waals surface area contributed by atoms with E-state index in [9.17, 15) is 14.9 Å². The van der Waals surface area contributed by atoms with E-state index in [1.807, 2.05) is 6.07 Å². The molecule has 0 bridgehead atoms. The molecule has 0 aliphatic heterocycles. The maximum atomic E-state index is 12.4. The van der Waals surface area contributed by atoms with Gasteiger partial charge >= 0.3 is 0 Å². The largest absolute Gasteiger partial charge is 0.483 e. The molecule has 2 atom stereocenters. The third-order valence-corrected chi connectivity index (χ3v) is 3.29. The first-order valence-corrected chi connectivity index (χ1v) is 7.37. The van der Waals surface area contributed by atoms with Gasteiger partial charge in [0.1, 0.15) is 11.6 Å². The first-order chi connectivity index (χ1) is 12.0. The molecule has 0 unspecified atom stereocenters. The number of carbonyl (C=O) groups is 2. The van der Waals surface area contributed by atoms with E-state index in [1.54, 1.807) is 36.4 Å². The Kier molecular flexibility index (Phi) is 5.81. The lowest BCUT2D eigenvalue weighted by atomic mass is 10.0. The van der Waals surface area contributed by atoms with Gasteiger partial charge in [-0.25, -0.2) is 4.98 Å². The number of benzene rings is 1. The molecule has 2 rings (SSSR count). The Morgan fingerprint density at radius 1 is 1.16 bits per heavy atom. The van der Waals surface area contributed by atoms with Crippen molar-refractivity contribution in [1.82, 2.24) is 4.98 Å².